The van der Waals surface area contributed by atoms with E-state index in [1.165, 1.54) is 10.9 Å². The maximum absolute atomic E-state index is 13.5. The minimum absolute atomic E-state index is 0. The zero-order chi connectivity index (χ0) is 13.1. The fraction of sp³-hybridized carbons (Fsp3) is 0.333. The summed E-state index contributed by atoms with van der Waals surface area (Å²) in [7, 11) is 0. The van der Waals surface area contributed by atoms with Crippen LogP contribution in [0.25, 0.3) is 0 Å². The highest BCUT2D eigenvalue weighted by Gasteiger charge is 2.24. The molecule has 1 aromatic carbocycles. The van der Waals surface area contributed by atoms with Gasteiger partial charge in [-0.25, -0.2) is 4.39 Å². The summed E-state index contributed by atoms with van der Waals surface area (Å²) in [5.74, 6) is -0.158. The first-order chi connectivity index (χ1) is 9.34. The van der Waals surface area contributed by atoms with Gasteiger partial charge in [-0.2, -0.15) is 0 Å². The Morgan fingerprint density at radius 2 is 1.86 bits per heavy atom. The van der Waals surface area contributed by atoms with Crippen LogP contribution in [0.3, 0.4) is 0 Å². The molecule has 6 heteroatoms. The Morgan fingerprint density at radius 1 is 1.10 bits per heavy atom. The molecule has 1 atom stereocenters. The fourth-order valence-electron chi connectivity index (χ4n) is 2.62. The van der Waals surface area contributed by atoms with E-state index in [4.69, 9.17) is 0 Å². The van der Waals surface area contributed by atoms with Crippen molar-refractivity contribution in [1.29, 1.82) is 0 Å². The molecule has 1 aromatic heterocycles. The SMILES string of the molecule is Cl.Cl.Fc1cccc([C@@H](c2cccs2)N2CCNCC2)c1. The van der Waals surface area contributed by atoms with Gasteiger partial charge in [0.05, 0.1) is 6.04 Å². The first-order valence-corrected chi connectivity index (χ1v) is 7.46. The summed E-state index contributed by atoms with van der Waals surface area (Å²) in [6.45, 7) is 3.99. The molecule has 2 heterocycles. The van der Waals surface area contributed by atoms with E-state index in [-0.39, 0.29) is 36.7 Å². The van der Waals surface area contributed by atoms with E-state index in [1.807, 2.05) is 6.07 Å². The summed E-state index contributed by atoms with van der Waals surface area (Å²) in [5.41, 5.74) is 1.05. The number of halogens is 3. The van der Waals surface area contributed by atoms with Crippen LogP contribution in [0.4, 0.5) is 4.39 Å². The highest BCUT2D eigenvalue weighted by molar-refractivity contribution is 7.10. The molecule has 2 nitrogen and oxygen atoms in total. The van der Waals surface area contributed by atoms with Crippen LogP contribution in [-0.2, 0) is 0 Å². The molecule has 0 amide bonds. The van der Waals surface area contributed by atoms with Crippen molar-refractivity contribution in [2.75, 3.05) is 26.2 Å². The van der Waals surface area contributed by atoms with Crippen molar-refractivity contribution in [2.24, 2.45) is 0 Å². The highest BCUT2D eigenvalue weighted by atomic mass is 35.5. The second-order valence-electron chi connectivity index (χ2n) is 4.76. The van der Waals surface area contributed by atoms with Gasteiger partial charge in [0.25, 0.3) is 0 Å². The molecule has 1 aliphatic rings. The Hall–Kier alpha value is -0.650. The van der Waals surface area contributed by atoms with Crippen molar-refractivity contribution in [3.8, 4) is 0 Å². The molecule has 116 valence electrons. The summed E-state index contributed by atoms with van der Waals surface area (Å²) >= 11 is 1.74. The van der Waals surface area contributed by atoms with Crippen molar-refractivity contribution in [3.63, 3.8) is 0 Å². The molecule has 0 aliphatic carbocycles. The highest BCUT2D eigenvalue weighted by Crippen LogP contribution is 2.32. The predicted octanol–water partition coefficient (Wildman–Crippen LogP) is 3.73. The van der Waals surface area contributed by atoms with E-state index in [1.54, 1.807) is 23.5 Å². The van der Waals surface area contributed by atoms with Gasteiger partial charge < -0.3 is 5.32 Å². The number of hydrogen-bond acceptors (Lipinski definition) is 3. The molecular weight excluding hydrogens is 330 g/mol. The van der Waals surface area contributed by atoms with Crippen LogP contribution in [-0.4, -0.2) is 31.1 Å². The molecule has 0 saturated carbocycles. The molecule has 1 saturated heterocycles. The Balaban J connectivity index is 0.00000110. The minimum atomic E-state index is -0.158. The molecule has 0 radical (unpaired) electrons. The topological polar surface area (TPSA) is 15.3 Å². The molecule has 1 fully saturated rings. The number of rotatable bonds is 3. The smallest absolute Gasteiger partial charge is 0.123 e. The molecule has 21 heavy (non-hydrogen) atoms. The lowest BCUT2D eigenvalue weighted by Gasteiger charge is -2.34. The average molecular weight is 349 g/mol. The number of hydrogen-bond donors (Lipinski definition) is 1. The van der Waals surface area contributed by atoms with Crippen molar-refractivity contribution < 1.29 is 4.39 Å². The number of nitrogens with one attached hydrogen (secondary N) is 1. The van der Waals surface area contributed by atoms with Gasteiger partial charge in [-0.05, 0) is 29.1 Å². The number of piperazine rings is 1. The third-order valence-electron chi connectivity index (χ3n) is 3.49. The predicted molar refractivity (Wildman–Crippen MR) is 91.5 cm³/mol. The van der Waals surface area contributed by atoms with Crippen molar-refractivity contribution in [3.05, 3.63) is 58.0 Å². The van der Waals surface area contributed by atoms with Crippen LogP contribution in [0.5, 0.6) is 0 Å². The Morgan fingerprint density at radius 3 is 2.48 bits per heavy atom. The normalized spacial score (nSPS) is 16.6. The van der Waals surface area contributed by atoms with E-state index in [2.05, 4.69) is 27.7 Å². The van der Waals surface area contributed by atoms with Crippen molar-refractivity contribution >= 4 is 36.2 Å². The van der Waals surface area contributed by atoms with Gasteiger partial charge in [-0.1, -0.05) is 18.2 Å². The van der Waals surface area contributed by atoms with E-state index < -0.39 is 0 Å². The maximum atomic E-state index is 13.5. The molecule has 3 rings (SSSR count). The first kappa shape index (κ1) is 18.4. The number of benzene rings is 1. The van der Waals surface area contributed by atoms with Gasteiger partial charge in [0.1, 0.15) is 5.82 Å². The molecule has 2 aromatic rings. The lowest BCUT2D eigenvalue weighted by Crippen LogP contribution is -2.45. The van der Waals surface area contributed by atoms with Gasteiger partial charge in [-0.15, -0.1) is 36.2 Å². The average Bonchev–Trinajstić information content (AvgIpc) is 2.94. The van der Waals surface area contributed by atoms with Crippen LogP contribution in [0, 0.1) is 5.82 Å². The molecule has 0 unspecified atom stereocenters. The lowest BCUT2D eigenvalue weighted by atomic mass is 10.0. The van der Waals surface area contributed by atoms with Gasteiger partial charge in [0.15, 0.2) is 0 Å². The van der Waals surface area contributed by atoms with Crippen LogP contribution in [0.1, 0.15) is 16.5 Å². The van der Waals surface area contributed by atoms with Gasteiger partial charge >= 0.3 is 0 Å². The second-order valence-corrected chi connectivity index (χ2v) is 5.74. The van der Waals surface area contributed by atoms with Gasteiger partial charge in [0.2, 0.25) is 0 Å². The lowest BCUT2D eigenvalue weighted by molar-refractivity contribution is 0.200. The summed E-state index contributed by atoms with van der Waals surface area (Å²) in [4.78, 5) is 3.71. The summed E-state index contributed by atoms with van der Waals surface area (Å²) in [5, 5.41) is 5.45. The zero-order valence-corrected chi connectivity index (χ0v) is 13.9. The molecular formula is C15H19Cl2FN2S. The molecule has 1 N–H and O–H groups in total. The van der Waals surface area contributed by atoms with E-state index in [0.29, 0.717) is 0 Å². The van der Waals surface area contributed by atoms with Crippen LogP contribution in [0.15, 0.2) is 41.8 Å². The zero-order valence-electron chi connectivity index (χ0n) is 11.5. The Bertz CT molecular complexity index is 530. The van der Waals surface area contributed by atoms with E-state index >= 15 is 0 Å². The first-order valence-electron chi connectivity index (χ1n) is 6.58. The van der Waals surface area contributed by atoms with E-state index in [0.717, 1.165) is 31.7 Å². The Kier molecular flexibility index (Phi) is 7.63. The molecule has 0 spiro atoms. The van der Waals surface area contributed by atoms with Gasteiger partial charge in [-0.3, -0.25) is 4.90 Å². The maximum Gasteiger partial charge on any atom is 0.123 e. The van der Waals surface area contributed by atoms with Crippen LogP contribution < -0.4 is 5.32 Å². The van der Waals surface area contributed by atoms with Gasteiger partial charge in [0, 0.05) is 31.1 Å². The van der Waals surface area contributed by atoms with Crippen molar-refractivity contribution in [2.45, 2.75) is 6.04 Å². The minimum Gasteiger partial charge on any atom is -0.314 e. The fourth-order valence-corrected chi connectivity index (χ4v) is 3.50. The summed E-state index contributed by atoms with van der Waals surface area (Å²) in [6, 6.07) is 11.4. The number of thiophene rings is 1. The third-order valence-corrected chi connectivity index (χ3v) is 4.42. The standard InChI is InChI=1S/C15H17FN2S.2ClH/c16-13-4-1-3-12(11-13)15(14-5-2-10-19-14)18-8-6-17-7-9-18;;/h1-5,10-11,15,17H,6-9H2;2*1H/t15-;;/m0../s1. The van der Waals surface area contributed by atoms with Crippen molar-refractivity contribution in [1.82, 2.24) is 10.2 Å². The molecule has 0 bridgehead atoms. The summed E-state index contributed by atoms with van der Waals surface area (Å²) < 4.78 is 13.5. The van der Waals surface area contributed by atoms with Crippen LogP contribution >= 0.6 is 36.2 Å². The quantitative estimate of drug-likeness (QED) is 0.909. The summed E-state index contributed by atoms with van der Waals surface area (Å²) in [6.07, 6.45) is 0. The Labute approximate surface area is 141 Å². The van der Waals surface area contributed by atoms with E-state index in [9.17, 15) is 4.39 Å². The second kappa shape index (κ2) is 8.71. The monoisotopic (exact) mass is 348 g/mol. The van der Waals surface area contributed by atoms with Crippen LogP contribution in [0.2, 0.25) is 0 Å². The molecule has 1 aliphatic heterocycles. The third kappa shape index (κ3) is 4.41. The largest absolute Gasteiger partial charge is 0.314 e. The number of nitrogens with zero attached hydrogens (tertiary/aromatic N) is 1.